The van der Waals surface area contributed by atoms with E-state index in [1.165, 1.54) is 11.4 Å². The molecule has 0 radical (unpaired) electrons. The molecule has 0 saturated heterocycles. The summed E-state index contributed by atoms with van der Waals surface area (Å²) in [5.41, 5.74) is 3.62. The highest BCUT2D eigenvalue weighted by Crippen LogP contribution is 2.32. The fourth-order valence-corrected chi connectivity index (χ4v) is 2.85. The molecule has 1 N–H and O–H groups in total. The van der Waals surface area contributed by atoms with E-state index >= 15 is 0 Å². The molecular formula is C14H19N3O. The molecule has 0 fully saturated rings. The van der Waals surface area contributed by atoms with E-state index in [9.17, 15) is 5.11 Å². The van der Waals surface area contributed by atoms with Crippen LogP contribution in [-0.2, 0) is 20.0 Å². The average molecular weight is 245 g/mol. The lowest BCUT2D eigenvalue weighted by molar-refractivity contribution is 0.155. The summed E-state index contributed by atoms with van der Waals surface area (Å²) in [5, 5.41) is 10.0. The third kappa shape index (κ3) is 1.77. The van der Waals surface area contributed by atoms with Gasteiger partial charge in [-0.2, -0.15) is 0 Å². The van der Waals surface area contributed by atoms with E-state index < -0.39 is 0 Å². The molecule has 0 saturated carbocycles. The van der Waals surface area contributed by atoms with E-state index in [2.05, 4.69) is 22.5 Å². The van der Waals surface area contributed by atoms with Crippen molar-refractivity contribution in [3.05, 3.63) is 41.2 Å². The van der Waals surface area contributed by atoms with E-state index in [1.54, 1.807) is 0 Å². The molecule has 4 nitrogen and oxygen atoms in total. The van der Waals surface area contributed by atoms with Crippen molar-refractivity contribution in [2.75, 3.05) is 0 Å². The fourth-order valence-electron chi connectivity index (χ4n) is 2.85. The number of imidazole rings is 1. The number of aliphatic hydroxyl groups excluding tert-OH is 1. The molecule has 0 bridgehead atoms. The van der Waals surface area contributed by atoms with Gasteiger partial charge in [0.25, 0.3) is 0 Å². The maximum absolute atomic E-state index is 10.0. The highest BCUT2D eigenvalue weighted by molar-refractivity contribution is 5.32. The highest BCUT2D eigenvalue weighted by atomic mass is 16.3. The second-order valence-electron chi connectivity index (χ2n) is 5.14. The lowest BCUT2D eigenvalue weighted by atomic mass is 9.95. The van der Waals surface area contributed by atoms with Crippen molar-refractivity contribution in [1.29, 1.82) is 0 Å². The first-order valence-corrected chi connectivity index (χ1v) is 6.50. The Hall–Kier alpha value is -1.55. The normalized spacial score (nSPS) is 18.9. The summed E-state index contributed by atoms with van der Waals surface area (Å²) < 4.78 is 4.34. The molecule has 2 aromatic rings. The molecule has 0 aromatic carbocycles. The van der Waals surface area contributed by atoms with Crippen LogP contribution in [0.1, 0.15) is 41.7 Å². The van der Waals surface area contributed by atoms with Gasteiger partial charge in [-0.15, -0.1) is 0 Å². The van der Waals surface area contributed by atoms with Crippen LogP contribution in [0.5, 0.6) is 0 Å². The van der Waals surface area contributed by atoms with Crippen LogP contribution >= 0.6 is 0 Å². The van der Waals surface area contributed by atoms with Crippen molar-refractivity contribution >= 4 is 0 Å². The number of aliphatic hydroxyl groups is 1. The second kappa shape index (κ2) is 4.28. The third-order valence-corrected chi connectivity index (χ3v) is 3.92. The summed E-state index contributed by atoms with van der Waals surface area (Å²) in [7, 11) is 2.02. The van der Waals surface area contributed by atoms with E-state index in [0.29, 0.717) is 0 Å². The first-order valence-electron chi connectivity index (χ1n) is 6.50. The molecule has 0 spiro atoms. The number of aryl methyl sites for hydroxylation is 2. The van der Waals surface area contributed by atoms with Gasteiger partial charge in [-0.25, -0.2) is 4.98 Å². The van der Waals surface area contributed by atoms with Gasteiger partial charge in [-0.05, 0) is 32.3 Å². The molecule has 96 valence electrons. The molecule has 2 aromatic heterocycles. The van der Waals surface area contributed by atoms with E-state index in [4.69, 9.17) is 0 Å². The van der Waals surface area contributed by atoms with Crippen molar-refractivity contribution in [3.8, 4) is 0 Å². The summed E-state index contributed by atoms with van der Waals surface area (Å²) in [4.78, 5) is 4.38. The molecule has 4 heteroatoms. The van der Waals surface area contributed by atoms with Gasteiger partial charge in [0.2, 0.25) is 0 Å². The Morgan fingerprint density at radius 2 is 2.33 bits per heavy atom. The fraction of sp³-hybridized carbons (Fsp3) is 0.500. The van der Waals surface area contributed by atoms with Crippen LogP contribution in [0.4, 0.5) is 0 Å². The second-order valence-corrected chi connectivity index (χ2v) is 5.14. The maximum atomic E-state index is 10.0. The average Bonchev–Trinajstić information content (AvgIpc) is 2.87. The predicted molar refractivity (Wildman–Crippen MR) is 69.4 cm³/mol. The molecule has 1 aliphatic carbocycles. The lowest BCUT2D eigenvalue weighted by Gasteiger charge is -2.20. The number of hydrogen-bond acceptors (Lipinski definition) is 2. The minimum Gasteiger partial charge on any atom is -0.388 e. The quantitative estimate of drug-likeness (QED) is 0.878. The third-order valence-electron chi connectivity index (χ3n) is 3.92. The molecule has 0 amide bonds. The maximum Gasteiger partial charge on any atom is 0.128 e. The first-order chi connectivity index (χ1) is 8.66. The summed E-state index contributed by atoms with van der Waals surface area (Å²) in [6.07, 6.45) is 6.53. The Morgan fingerprint density at radius 1 is 1.50 bits per heavy atom. The van der Waals surface area contributed by atoms with Gasteiger partial charge in [-0.3, -0.25) is 0 Å². The Kier molecular flexibility index (Phi) is 2.74. The Balaban J connectivity index is 2.00. The van der Waals surface area contributed by atoms with Crippen molar-refractivity contribution in [3.63, 3.8) is 0 Å². The number of rotatable bonds is 2. The monoisotopic (exact) mass is 245 g/mol. The number of hydrogen-bond donors (Lipinski definition) is 1. The van der Waals surface area contributed by atoms with Gasteiger partial charge in [0.1, 0.15) is 5.82 Å². The molecule has 0 aliphatic heterocycles. The topological polar surface area (TPSA) is 43.0 Å². The Bertz CT molecular complexity index is 568. The van der Waals surface area contributed by atoms with Gasteiger partial charge in [0.15, 0.2) is 0 Å². The predicted octanol–water partition coefficient (Wildman–Crippen LogP) is 1.95. The molecule has 1 atom stereocenters. The molecule has 2 heterocycles. The molecule has 1 aliphatic rings. The molecule has 18 heavy (non-hydrogen) atoms. The van der Waals surface area contributed by atoms with Gasteiger partial charge in [0.05, 0.1) is 12.6 Å². The van der Waals surface area contributed by atoms with Gasteiger partial charge in [0, 0.05) is 36.4 Å². The summed E-state index contributed by atoms with van der Waals surface area (Å²) in [6, 6.07) is 2.13. The van der Waals surface area contributed by atoms with Crippen molar-refractivity contribution in [1.82, 2.24) is 14.1 Å². The van der Waals surface area contributed by atoms with Crippen LogP contribution < -0.4 is 0 Å². The largest absolute Gasteiger partial charge is 0.388 e. The standard InChI is InChI=1S/C14H19N3O/c1-10-8-11-12(4-3-5-13(11)18)17(10)9-14-15-6-7-16(14)2/h6-8,13,18H,3-5,9H2,1-2H3. The van der Waals surface area contributed by atoms with Crippen molar-refractivity contribution in [2.24, 2.45) is 7.05 Å². The van der Waals surface area contributed by atoms with E-state index in [1.807, 2.05) is 24.0 Å². The van der Waals surface area contributed by atoms with Crippen LogP contribution in [0.25, 0.3) is 0 Å². The van der Waals surface area contributed by atoms with E-state index in [-0.39, 0.29) is 6.10 Å². The molecule has 3 rings (SSSR count). The van der Waals surface area contributed by atoms with Gasteiger partial charge >= 0.3 is 0 Å². The molecular weight excluding hydrogens is 226 g/mol. The Labute approximate surface area is 107 Å². The zero-order chi connectivity index (χ0) is 12.7. The zero-order valence-corrected chi connectivity index (χ0v) is 10.9. The number of aromatic nitrogens is 3. The van der Waals surface area contributed by atoms with Crippen LogP contribution in [-0.4, -0.2) is 19.2 Å². The number of fused-ring (bicyclic) bond motifs is 1. The van der Waals surface area contributed by atoms with Crippen molar-refractivity contribution < 1.29 is 5.11 Å². The van der Waals surface area contributed by atoms with Gasteiger partial charge < -0.3 is 14.2 Å². The summed E-state index contributed by atoms with van der Waals surface area (Å²) in [6.45, 7) is 2.89. The van der Waals surface area contributed by atoms with E-state index in [0.717, 1.165) is 37.2 Å². The molecule has 1 unspecified atom stereocenters. The summed E-state index contributed by atoms with van der Waals surface area (Å²) >= 11 is 0. The van der Waals surface area contributed by atoms with Crippen LogP contribution in [0.15, 0.2) is 18.5 Å². The smallest absolute Gasteiger partial charge is 0.128 e. The lowest BCUT2D eigenvalue weighted by Crippen LogP contribution is -2.14. The van der Waals surface area contributed by atoms with Crippen LogP contribution in [0.3, 0.4) is 0 Å². The Morgan fingerprint density at radius 3 is 3.06 bits per heavy atom. The van der Waals surface area contributed by atoms with Crippen LogP contribution in [0.2, 0.25) is 0 Å². The number of nitrogens with zero attached hydrogens (tertiary/aromatic N) is 3. The minimum absolute atomic E-state index is 0.282. The minimum atomic E-state index is -0.282. The van der Waals surface area contributed by atoms with Gasteiger partial charge in [-0.1, -0.05) is 0 Å². The first kappa shape index (κ1) is 11.5. The zero-order valence-electron chi connectivity index (χ0n) is 10.9. The van der Waals surface area contributed by atoms with Crippen LogP contribution in [0, 0.1) is 6.92 Å². The van der Waals surface area contributed by atoms with Crippen molar-refractivity contribution in [2.45, 2.75) is 38.8 Å². The summed E-state index contributed by atoms with van der Waals surface area (Å²) in [5.74, 6) is 1.05. The highest BCUT2D eigenvalue weighted by Gasteiger charge is 2.23. The SMILES string of the molecule is Cc1cc2c(n1Cc1nccn1C)CCCC2O.